The van der Waals surface area contributed by atoms with Gasteiger partial charge in [0.15, 0.2) is 0 Å². The second kappa shape index (κ2) is 8.92. The predicted molar refractivity (Wildman–Crippen MR) is 72.3 cm³/mol. The van der Waals surface area contributed by atoms with Gasteiger partial charge < -0.3 is 19.9 Å². The van der Waals surface area contributed by atoms with Crippen molar-refractivity contribution in [3.05, 3.63) is 35.9 Å². The van der Waals surface area contributed by atoms with Crippen molar-refractivity contribution in [1.29, 1.82) is 0 Å². The van der Waals surface area contributed by atoms with Gasteiger partial charge in [-0.25, -0.2) is 4.79 Å². The number of methoxy groups -OCH3 is 1. The number of rotatable bonds is 8. The van der Waals surface area contributed by atoms with Gasteiger partial charge in [0.05, 0.1) is 12.6 Å². The van der Waals surface area contributed by atoms with E-state index in [1.165, 1.54) is 7.11 Å². The summed E-state index contributed by atoms with van der Waals surface area (Å²) in [5.41, 5.74) is 0.886. The third kappa shape index (κ3) is 6.75. The summed E-state index contributed by atoms with van der Waals surface area (Å²) in [7, 11) is 1.49. The molecule has 1 amide bonds. The zero-order valence-electron chi connectivity index (χ0n) is 11.4. The Morgan fingerprint density at radius 2 is 2.00 bits per heavy atom. The minimum Gasteiger partial charge on any atom is -0.481 e. The number of carbonyl (C=O) groups excluding carboxylic acids is 1. The number of hydrogen-bond donors (Lipinski definition) is 2. The van der Waals surface area contributed by atoms with Gasteiger partial charge in [-0.3, -0.25) is 4.79 Å². The van der Waals surface area contributed by atoms with Crippen molar-refractivity contribution in [2.45, 2.75) is 25.5 Å². The molecule has 0 fully saturated rings. The molecule has 0 saturated heterocycles. The molecule has 6 heteroatoms. The summed E-state index contributed by atoms with van der Waals surface area (Å²) >= 11 is 0. The van der Waals surface area contributed by atoms with Crippen LogP contribution < -0.4 is 5.32 Å². The zero-order chi connectivity index (χ0) is 14.8. The number of carboxylic acid groups (broad SMARTS) is 1. The molecule has 0 bridgehead atoms. The van der Waals surface area contributed by atoms with Crippen molar-refractivity contribution in [2.75, 3.05) is 13.7 Å². The van der Waals surface area contributed by atoms with Crippen LogP contribution in [0.1, 0.15) is 18.4 Å². The van der Waals surface area contributed by atoms with Gasteiger partial charge in [-0.05, 0) is 12.0 Å². The summed E-state index contributed by atoms with van der Waals surface area (Å²) < 4.78 is 10.00. The second-order valence-corrected chi connectivity index (χ2v) is 4.29. The first-order valence-corrected chi connectivity index (χ1v) is 6.29. The fraction of sp³-hybridized carbons (Fsp3) is 0.429. The van der Waals surface area contributed by atoms with E-state index < -0.39 is 12.1 Å². The summed E-state index contributed by atoms with van der Waals surface area (Å²) in [6.07, 6.45) is -0.322. The molecule has 0 radical (unpaired) electrons. The van der Waals surface area contributed by atoms with Crippen LogP contribution in [0.25, 0.3) is 0 Å². The van der Waals surface area contributed by atoms with E-state index in [4.69, 9.17) is 14.6 Å². The summed E-state index contributed by atoms with van der Waals surface area (Å²) in [4.78, 5) is 22.1. The Morgan fingerprint density at radius 3 is 2.60 bits per heavy atom. The summed E-state index contributed by atoms with van der Waals surface area (Å²) in [5.74, 6) is -0.912. The lowest BCUT2D eigenvalue weighted by Crippen LogP contribution is -2.38. The number of carbonyl (C=O) groups is 2. The van der Waals surface area contributed by atoms with Gasteiger partial charge >= 0.3 is 12.1 Å². The highest BCUT2D eigenvalue weighted by molar-refractivity contribution is 5.68. The summed E-state index contributed by atoms with van der Waals surface area (Å²) in [5, 5.41) is 11.2. The molecule has 110 valence electrons. The smallest absolute Gasteiger partial charge is 0.407 e. The molecule has 2 N–H and O–H groups in total. The SMILES string of the molecule is COCC(CCC(=O)O)NC(=O)OCc1ccccc1. The van der Waals surface area contributed by atoms with Gasteiger partial charge in [0.1, 0.15) is 6.61 Å². The molecule has 0 aliphatic heterocycles. The Labute approximate surface area is 117 Å². The van der Waals surface area contributed by atoms with E-state index in [-0.39, 0.29) is 25.7 Å². The molecule has 0 spiro atoms. The standard InChI is InChI=1S/C14H19NO5/c1-19-10-12(7-8-13(16)17)15-14(18)20-9-11-5-3-2-4-6-11/h2-6,12H,7-10H2,1H3,(H,15,18)(H,16,17). The fourth-order valence-corrected chi connectivity index (χ4v) is 1.63. The number of amides is 1. The predicted octanol–water partition coefficient (Wildman–Crippen LogP) is 1.79. The lowest BCUT2D eigenvalue weighted by molar-refractivity contribution is -0.137. The van der Waals surface area contributed by atoms with Crippen molar-refractivity contribution < 1.29 is 24.2 Å². The number of benzene rings is 1. The Morgan fingerprint density at radius 1 is 1.30 bits per heavy atom. The molecule has 1 unspecified atom stereocenters. The quantitative estimate of drug-likeness (QED) is 0.759. The topological polar surface area (TPSA) is 84.9 Å². The van der Waals surface area contributed by atoms with E-state index in [1.54, 1.807) is 0 Å². The molecule has 1 rings (SSSR count). The normalized spacial score (nSPS) is 11.7. The Hall–Kier alpha value is -2.08. The number of ether oxygens (including phenoxy) is 2. The van der Waals surface area contributed by atoms with E-state index in [0.717, 1.165) is 5.56 Å². The van der Waals surface area contributed by atoms with E-state index in [0.29, 0.717) is 6.42 Å². The molecule has 0 heterocycles. The molecule has 0 aromatic heterocycles. The minimum absolute atomic E-state index is 0.0347. The van der Waals surface area contributed by atoms with Crippen LogP contribution in [0, 0.1) is 0 Å². The molecule has 6 nitrogen and oxygen atoms in total. The lowest BCUT2D eigenvalue weighted by atomic mass is 10.2. The average Bonchev–Trinajstić information content (AvgIpc) is 2.44. The monoisotopic (exact) mass is 281 g/mol. The minimum atomic E-state index is -0.912. The van der Waals surface area contributed by atoms with E-state index in [2.05, 4.69) is 5.32 Å². The first-order valence-electron chi connectivity index (χ1n) is 6.29. The van der Waals surface area contributed by atoms with E-state index in [9.17, 15) is 9.59 Å². The van der Waals surface area contributed by atoms with Crippen molar-refractivity contribution in [2.24, 2.45) is 0 Å². The number of carboxylic acids is 1. The molecule has 20 heavy (non-hydrogen) atoms. The van der Waals surface area contributed by atoms with Crippen molar-refractivity contribution in [3.63, 3.8) is 0 Å². The first-order chi connectivity index (χ1) is 9.61. The molecular weight excluding hydrogens is 262 g/mol. The van der Waals surface area contributed by atoms with Crippen LogP contribution >= 0.6 is 0 Å². The van der Waals surface area contributed by atoms with E-state index in [1.807, 2.05) is 30.3 Å². The van der Waals surface area contributed by atoms with Gasteiger partial charge in [0.2, 0.25) is 0 Å². The van der Waals surface area contributed by atoms with Crippen LogP contribution in [0.3, 0.4) is 0 Å². The number of alkyl carbamates (subject to hydrolysis) is 1. The second-order valence-electron chi connectivity index (χ2n) is 4.29. The molecule has 0 aliphatic carbocycles. The largest absolute Gasteiger partial charge is 0.481 e. The van der Waals surface area contributed by atoms with Crippen molar-refractivity contribution in [3.8, 4) is 0 Å². The zero-order valence-corrected chi connectivity index (χ0v) is 11.4. The number of nitrogens with one attached hydrogen (secondary N) is 1. The maximum atomic E-state index is 11.6. The van der Waals surface area contributed by atoms with Gasteiger partial charge in [-0.15, -0.1) is 0 Å². The van der Waals surface area contributed by atoms with Crippen LogP contribution in [0.4, 0.5) is 4.79 Å². The van der Waals surface area contributed by atoms with Gasteiger partial charge in [-0.1, -0.05) is 30.3 Å². The molecule has 1 aromatic rings. The summed E-state index contributed by atoms with van der Waals surface area (Å²) in [6.45, 7) is 0.416. The molecule has 1 atom stereocenters. The third-order valence-corrected chi connectivity index (χ3v) is 2.61. The van der Waals surface area contributed by atoms with Crippen LogP contribution in [0.15, 0.2) is 30.3 Å². The first kappa shape index (κ1) is 16.0. The Balaban J connectivity index is 2.35. The maximum absolute atomic E-state index is 11.6. The molecule has 1 aromatic carbocycles. The number of aliphatic carboxylic acids is 1. The van der Waals surface area contributed by atoms with Crippen molar-refractivity contribution in [1.82, 2.24) is 5.32 Å². The van der Waals surface area contributed by atoms with E-state index >= 15 is 0 Å². The summed E-state index contributed by atoms with van der Waals surface area (Å²) in [6, 6.07) is 8.92. The van der Waals surface area contributed by atoms with Gasteiger partial charge in [0, 0.05) is 13.5 Å². The van der Waals surface area contributed by atoms with Crippen LogP contribution in [-0.4, -0.2) is 36.9 Å². The number of hydrogen-bond acceptors (Lipinski definition) is 4. The van der Waals surface area contributed by atoms with Crippen LogP contribution in [0.2, 0.25) is 0 Å². The van der Waals surface area contributed by atoms with Crippen molar-refractivity contribution >= 4 is 12.1 Å². The van der Waals surface area contributed by atoms with Crippen LogP contribution in [-0.2, 0) is 20.9 Å². The average molecular weight is 281 g/mol. The fourth-order valence-electron chi connectivity index (χ4n) is 1.63. The van der Waals surface area contributed by atoms with Crippen LogP contribution in [0.5, 0.6) is 0 Å². The third-order valence-electron chi connectivity index (χ3n) is 2.61. The van der Waals surface area contributed by atoms with Gasteiger partial charge in [0.25, 0.3) is 0 Å². The molecular formula is C14H19NO5. The highest BCUT2D eigenvalue weighted by Crippen LogP contribution is 2.02. The molecule has 0 aliphatic rings. The Bertz CT molecular complexity index is 421. The molecule has 0 saturated carbocycles. The highest BCUT2D eigenvalue weighted by atomic mass is 16.5. The lowest BCUT2D eigenvalue weighted by Gasteiger charge is -2.16. The van der Waals surface area contributed by atoms with Gasteiger partial charge in [-0.2, -0.15) is 0 Å². The Kier molecular flexibility index (Phi) is 7.13. The highest BCUT2D eigenvalue weighted by Gasteiger charge is 2.14. The maximum Gasteiger partial charge on any atom is 0.407 e.